The van der Waals surface area contributed by atoms with Gasteiger partial charge in [-0.25, -0.2) is 4.39 Å². The second-order valence-electron chi connectivity index (χ2n) is 2.94. The van der Waals surface area contributed by atoms with Crippen LogP contribution in [-0.2, 0) is 6.61 Å². The minimum absolute atomic E-state index is 0.264. The second kappa shape index (κ2) is 5.52. The van der Waals surface area contributed by atoms with Crippen molar-refractivity contribution in [1.29, 1.82) is 0 Å². The molecule has 0 heterocycles. The summed E-state index contributed by atoms with van der Waals surface area (Å²) in [5, 5.41) is 11.8. The molecule has 3 heteroatoms. The van der Waals surface area contributed by atoms with E-state index in [0.717, 1.165) is 0 Å². The van der Waals surface area contributed by atoms with E-state index in [1.54, 1.807) is 24.3 Å². The number of nitrogens with one attached hydrogen (secondary N) is 1. The van der Waals surface area contributed by atoms with Gasteiger partial charge < -0.3 is 10.4 Å². The molecule has 2 nitrogen and oxygen atoms in total. The molecule has 1 aromatic carbocycles. The van der Waals surface area contributed by atoms with Gasteiger partial charge in [-0.3, -0.25) is 0 Å². The quantitative estimate of drug-likeness (QED) is 0.764. The molecule has 0 aliphatic heterocycles. The summed E-state index contributed by atoms with van der Waals surface area (Å²) in [6, 6.07) is 4.99. The van der Waals surface area contributed by atoms with Crippen molar-refractivity contribution in [2.75, 3.05) is 13.6 Å². The Morgan fingerprint density at radius 1 is 1.50 bits per heavy atom. The summed E-state index contributed by atoms with van der Waals surface area (Å²) in [7, 11) is 1.82. The van der Waals surface area contributed by atoms with Crippen molar-refractivity contribution in [2.24, 2.45) is 0 Å². The number of rotatable bonds is 4. The molecule has 0 spiro atoms. The Morgan fingerprint density at radius 2 is 2.29 bits per heavy atom. The first-order chi connectivity index (χ1) is 6.79. The van der Waals surface area contributed by atoms with E-state index in [1.807, 2.05) is 13.1 Å². The fourth-order valence-corrected chi connectivity index (χ4v) is 1.15. The fraction of sp³-hybridized carbons (Fsp3) is 0.273. The number of benzene rings is 1. The monoisotopic (exact) mass is 195 g/mol. The van der Waals surface area contributed by atoms with Crippen LogP contribution in [0.2, 0.25) is 0 Å². The third-order valence-electron chi connectivity index (χ3n) is 1.90. The van der Waals surface area contributed by atoms with E-state index in [1.165, 1.54) is 0 Å². The molecule has 0 aliphatic rings. The third kappa shape index (κ3) is 2.65. The SMILES string of the molecule is CNCC=Cc1cccc(CO)c1F. The van der Waals surface area contributed by atoms with E-state index in [2.05, 4.69) is 5.32 Å². The Labute approximate surface area is 83.1 Å². The number of likely N-dealkylation sites (N-methyl/N-ethyl adjacent to an activating group) is 1. The van der Waals surface area contributed by atoms with Crippen molar-refractivity contribution in [2.45, 2.75) is 6.61 Å². The van der Waals surface area contributed by atoms with Gasteiger partial charge in [-0.15, -0.1) is 0 Å². The zero-order chi connectivity index (χ0) is 10.4. The average molecular weight is 195 g/mol. The van der Waals surface area contributed by atoms with Crippen molar-refractivity contribution in [3.63, 3.8) is 0 Å². The summed E-state index contributed by atoms with van der Waals surface area (Å²) in [4.78, 5) is 0. The van der Waals surface area contributed by atoms with Gasteiger partial charge in [-0.1, -0.05) is 30.4 Å². The van der Waals surface area contributed by atoms with Crippen LogP contribution in [0.3, 0.4) is 0 Å². The van der Waals surface area contributed by atoms with E-state index < -0.39 is 0 Å². The van der Waals surface area contributed by atoms with Gasteiger partial charge in [0.15, 0.2) is 0 Å². The summed E-state index contributed by atoms with van der Waals surface area (Å²) in [5.41, 5.74) is 0.836. The average Bonchev–Trinajstić information content (AvgIpc) is 2.21. The van der Waals surface area contributed by atoms with Crippen LogP contribution in [0.1, 0.15) is 11.1 Å². The molecule has 0 saturated heterocycles. The molecule has 0 bridgehead atoms. The predicted octanol–water partition coefficient (Wildman–Crippen LogP) is 1.55. The van der Waals surface area contributed by atoms with Gasteiger partial charge in [0, 0.05) is 17.7 Å². The van der Waals surface area contributed by atoms with Crippen molar-refractivity contribution in [3.05, 3.63) is 41.2 Å². The van der Waals surface area contributed by atoms with Gasteiger partial charge in [0.05, 0.1) is 6.61 Å². The van der Waals surface area contributed by atoms with Gasteiger partial charge in [-0.05, 0) is 7.05 Å². The normalized spacial score (nSPS) is 11.1. The summed E-state index contributed by atoms with van der Waals surface area (Å²) in [6.45, 7) is 0.433. The van der Waals surface area contributed by atoms with Gasteiger partial charge in [0.2, 0.25) is 0 Å². The highest BCUT2D eigenvalue weighted by atomic mass is 19.1. The zero-order valence-corrected chi connectivity index (χ0v) is 8.13. The van der Waals surface area contributed by atoms with E-state index in [-0.39, 0.29) is 12.4 Å². The maximum atomic E-state index is 13.5. The maximum absolute atomic E-state index is 13.5. The molecule has 1 aromatic rings. The zero-order valence-electron chi connectivity index (χ0n) is 8.13. The van der Waals surface area contributed by atoms with Crippen LogP contribution in [0, 0.1) is 5.82 Å². The molecule has 0 saturated carbocycles. The molecule has 1 rings (SSSR count). The van der Waals surface area contributed by atoms with Crippen LogP contribution in [0.4, 0.5) is 4.39 Å². The van der Waals surface area contributed by atoms with E-state index in [4.69, 9.17) is 5.11 Å². The lowest BCUT2D eigenvalue weighted by atomic mass is 10.1. The molecule has 0 unspecified atom stereocenters. The lowest BCUT2D eigenvalue weighted by molar-refractivity contribution is 0.275. The standard InChI is InChI=1S/C11H14FNO/c1-13-7-3-6-9-4-2-5-10(8-14)11(9)12/h2-6,13-14H,7-8H2,1H3. The molecule has 14 heavy (non-hydrogen) atoms. The summed E-state index contributed by atoms with van der Waals surface area (Å²) in [6.07, 6.45) is 3.53. The molecule has 0 atom stereocenters. The van der Waals surface area contributed by atoms with E-state index >= 15 is 0 Å². The van der Waals surface area contributed by atoms with Crippen molar-refractivity contribution >= 4 is 6.08 Å². The number of hydrogen-bond acceptors (Lipinski definition) is 2. The number of aliphatic hydroxyl groups is 1. The number of halogens is 1. The van der Waals surface area contributed by atoms with Crippen molar-refractivity contribution < 1.29 is 9.50 Å². The van der Waals surface area contributed by atoms with Crippen LogP contribution in [0.15, 0.2) is 24.3 Å². The van der Waals surface area contributed by atoms with Crippen LogP contribution < -0.4 is 5.32 Å². The predicted molar refractivity (Wildman–Crippen MR) is 55.3 cm³/mol. The Balaban J connectivity index is 2.86. The minimum atomic E-state index is -0.345. The highest BCUT2D eigenvalue weighted by Gasteiger charge is 2.03. The first kappa shape index (κ1) is 10.9. The summed E-state index contributed by atoms with van der Waals surface area (Å²) >= 11 is 0. The molecule has 0 aromatic heterocycles. The smallest absolute Gasteiger partial charge is 0.135 e. The first-order valence-corrected chi connectivity index (χ1v) is 4.49. The first-order valence-electron chi connectivity index (χ1n) is 4.49. The van der Waals surface area contributed by atoms with Crippen LogP contribution >= 0.6 is 0 Å². The lowest BCUT2D eigenvalue weighted by Gasteiger charge is -2.01. The van der Waals surface area contributed by atoms with Gasteiger partial charge in [0.1, 0.15) is 5.82 Å². The van der Waals surface area contributed by atoms with Crippen LogP contribution in [-0.4, -0.2) is 18.7 Å². The van der Waals surface area contributed by atoms with Crippen LogP contribution in [0.5, 0.6) is 0 Å². The highest BCUT2D eigenvalue weighted by Crippen LogP contribution is 2.14. The summed E-state index contributed by atoms with van der Waals surface area (Å²) in [5.74, 6) is -0.345. The Bertz CT molecular complexity index is 323. The molecule has 0 fully saturated rings. The molecule has 2 N–H and O–H groups in total. The van der Waals surface area contributed by atoms with Gasteiger partial charge >= 0.3 is 0 Å². The molecular weight excluding hydrogens is 181 g/mol. The largest absolute Gasteiger partial charge is 0.392 e. The Kier molecular flexibility index (Phi) is 4.29. The molecule has 0 radical (unpaired) electrons. The fourth-order valence-electron chi connectivity index (χ4n) is 1.15. The maximum Gasteiger partial charge on any atom is 0.135 e. The van der Waals surface area contributed by atoms with Crippen molar-refractivity contribution in [1.82, 2.24) is 5.32 Å². The molecule has 0 aliphatic carbocycles. The second-order valence-corrected chi connectivity index (χ2v) is 2.94. The van der Waals surface area contributed by atoms with E-state index in [0.29, 0.717) is 17.7 Å². The van der Waals surface area contributed by atoms with Gasteiger partial charge in [-0.2, -0.15) is 0 Å². The van der Waals surface area contributed by atoms with Crippen molar-refractivity contribution in [3.8, 4) is 0 Å². The third-order valence-corrected chi connectivity index (χ3v) is 1.90. The Hall–Kier alpha value is -1.19. The number of aliphatic hydroxyl groups excluding tert-OH is 1. The topological polar surface area (TPSA) is 32.3 Å². The highest BCUT2D eigenvalue weighted by molar-refractivity contribution is 5.51. The lowest BCUT2D eigenvalue weighted by Crippen LogP contribution is -2.03. The van der Waals surface area contributed by atoms with Crippen LogP contribution in [0.25, 0.3) is 6.08 Å². The van der Waals surface area contributed by atoms with E-state index in [9.17, 15) is 4.39 Å². The molecular formula is C11H14FNO. The Morgan fingerprint density at radius 3 is 2.93 bits per heavy atom. The summed E-state index contributed by atoms with van der Waals surface area (Å²) < 4.78 is 13.5. The van der Waals surface area contributed by atoms with Gasteiger partial charge in [0.25, 0.3) is 0 Å². The number of hydrogen-bond donors (Lipinski definition) is 2. The molecule has 0 amide bonds. The minimum Gasteiger partial charge on any atom is -0.392 e. The molecule has 76 valence electrons.